The Morgan fingerprint density at radius 1 is 0.443 bits per heavy atom. The molecule has 6 heteroatoms. The molecule has 0 saturated heterocycles. The summed E-state index contributed by atoms with van der Waals surface area (Å²) in [6.07, 6.45) is 59.4. The number of aliphatic hydroxyl groups is 2. The second kappa shape index (κ2) is 51.2. The van der Waals surface area contributed by atoms with Gasteiger partial charge in [0.25, 0.3) is 0 Å². The summed E-state index contributed by atoms with van der Waals surface area (Å²) in [5, 5.41) is 23.0. The van der Waals surface area contributed by atoms with Crippen LogP contribution in [0.25, 0.3) is 0 Å². The number of nitrogens with one attached hydrogen (secondary N) is 1. The van der Waals surface area contributed by atoms with Gasteiger partial charge in [-0.05, 0) is 32.1 Å². The first kappa shape index (κ1) is 59.6. The van der Waals surface area contributed by atoms with Gasteiger partial charge in [-0.25, -0.2) is 0 Å². The topological polar surface area (TPSA) is 95.9 Å². The van der Waals surface area contributed by atoms with E-state index in [0.29, 0.717) is 19.4 Å². The molecule has 0 aromatic carbocycles. The number of unbranched alkanes of at least 4 members (excludes halogenated alkanes) is 40. The molecule has 0 radical (unpaired) electrons. The van der Waals surface area contributed by atoms with Crippen LogP contribution in [0.15, 0.2) is 12.2 Å². The lowest BCUT2D eigenvalue weighted by Gasteiger charge is -2.20. The zero-order chi connectivity index (χ0) is 44.4. The number of rotatable bonds is 51. The Bertz CT molecular complexity index is 909. The van der Waals surface area contributed by atoms with Gasteiger partial charge in [0.1, 0.15) is 0 Å². The van der Waals surface area contributed by atoms with Crippen molar-refractivity contribution in [2.45, 2.75) is 315 Å². The predicted octanol–water partition coefficient (Wildman–Crippen LogP) is 16.5. The summed E-state index contributed by atoms with van der Waals surface area (Å²) in [6.45, 7) is 4.90. The Kier molecular flexibility index (Phi) is 50.1. The first-order valence-corrected chi connectivity index (χ1v) is 27.5. The number of aliphatic hydroxyl groups excluding tert-OH is 2. The number of hydrogen-bond donors (Lipinski definition) is 3. The molecule has 0 bridgehead atoms. The fourth-order valence-corrected chi connectivity index (χ4v) is 8.58. The SMILES string of the molecule is CCCCCCCCCCCC/C=C/C(O)C(CO)NC(=O)CCCCCCCCCCCCCCCCCCCCCCOC(=O)CCCCCCCCCCCCCC. The molecule has 0 spiro atoms. The highest BCUT2D eigenvalue weighted by Gasteiger charge is 2.18. The molecular formula is C55H107NO5. The van der Waals surface area contributed by atoms with Crippen molar-refractivity contribution >= 4 is 11.9 Å². The average Bonchev–Trinajstić information content (AvgIpc) is 3.26. The van der Waals surface area contributed by atoms with E-state index in [4.69, 9.17) is 4.74 Å². The van der Waals surface area contributed by atoms with Gasteiger partial charge in [-0.15, -0.1) is 0 Å². The van der Waals surface area contributed by atoms with Crippen LogP contribution in [0.4, 0.5) is 0 Å². The molecule has 3 N–H and O–H groups in total. The molecule has 1 amide bonds. The molecule has 0 saturated carbocycles. The molecule has 0 aliphatic carbocycles. The van der Waals surface area contributed by atoms with Crippen LogP contribution >= 0.6 is 0 Å². The van der Waals surface area contributed by atoms with Gasteiger partial charge in [0.2, 0.25) is 5.91 Å². The van der Waals surface area contributed by atoms with Crippen LogP contribution in [0.5, 0.6) is 0 Å². The van der Waals surface area contributed by atoms with E-state index in [1.807, 2.05) is 6.08 Å². The number of carbonyl (C=O) groups is 2. The molecule has 0 fully saturated rings. The standard InChI is InChI=1S/C55H107NO5/c1-3-5-7-9-11-13-15-27-31-35-39-43-47-53(58)52(51-57)56-54(59)48-44-40-36-32-28-25-23-21-19-17-18-20-22-24-26-30-34-38-42-46-50-61-55(60)49-45-41-37-33-29-16-14-12-10-8-6-4-2/h43,47,52-53,57-58H,3-42,44-46,48-51H2,1-2H3,(H,56,59)/b47-43+. The average molecular weight is 862 g/mol. The molecule has 2 atom stereocenters. The zero-order valence-electron chi connectivity index (χ0n) is 41.2. The van der Waals surface area contributed by atoms with Crippen molar-refractivity contribution in [2.75, 3.05) is 13.2 Å². The molecule has 0 rings (SSSR count). The molecule has 2 unspecified atom stereocenters. The van der Waals surface area contributed by atoms with E-state index in [1.165, 1.54) is 238 Å². The number of carbonyl (C=O) groups excluding carboxylic acids is 2. The highest BCUT2D eigenvalue weighted by molar-refractivity contribution is 5.76. The smallest absolute Gasteiger partial charge is 0.305 e. The molecule has 0 aliphatic rings. The van der Waals surface area contributed by atoms with E-state index in [0.717, 1.165) is 38.5 Å². The minimum Gasteiger partial charge on any atom is -0.466 e. The first-order chi connectivity index (χ1) is 30.0. The summed E-state index contributed by atoms with van der Waals surface area (Å²) >= 11 is 0. The van der Waals surface area contributed by atoms with Crippen LogP contribution < -0.4 is 5.32 Å². The number of allylic oxidation sites excluding steroid dienone is 1. The largest absolute Gasteiger partial charge is 0.466 e. The fraction of sp³-hybridized carbons (Fsp3) is 0.927. The minimum absolute atomic E-state index is 0.0107. The third-order valence-electron chi connectivity index (χ3n) is 12.8. The van der Waals surface area contributed by atoms with E-state index >= 15 is 0 Å². The summed E-state index contributed by atoms with van der Waals surface area (Å²) in [6, 6.07) is -0.627. The quantitative estimate of drug-likeness (QED) is 0.0322. The Morgan fingerprint density at radius 2 is 0.754 bits per heavy atom. The summed E-state index contributed by atoms with van der Waals surface area (Å²) in [5.74, 6) is -0.0589. The van der Waals surface area contributed by atoms with Crippen molar-refractivity contribution in [3.05, 3.63) is 12.2 Å². The molecule has 362 valence electrons. The maximum atomic E-state index is 12.4. The maximum absolute atomic E-state index is 12.4. The summed E-state index contributed by atoms with van der Waals surface area (Å²) in [7, 11) is 0. The molecule has 0 heterocycles. The summed E-state index contributed by atoms with van der Waals surface area (Å²) < 4.78 is 5.47. The van der Waals surface area contributed by atoms with E-state index in [-0.39, 0.29) is 18.5 Å². The van der Waals surface area contributed by atoms with Gasteiger partial charge in [0.05, 0.1) is 25.4 Å². The van der Waals surface area contributed by atoms with Crippen LogP contribution in [0.1, 0.15) is 303 Å². The second-order valence-corrected chi connectivity index (χ2v) is 18.9. The van der Waals surface area contributed by atoms with E-state index in [9.17, 15) is 19.8 Å². The van der Waals surface area contributed by atoms with Gasteiger partial charge in [0, 0.05) is 12.8 Å². The molecular weight excluding hydrogens is 755 g/mol. The third kappa shape index (κ3) is 47.9. The Labute approximate surface area is 380 Å². The van der Waals surface area contributed by atoms with Gasteiger partial charge < -0.3 is 20.3 Å². The van der Waals surface area contributed by atoms with Gasteiger partial charge in [-0.1, -0.05) is 270 Å². The van der Waals surface area contributed by atoms with Crippen LogP contribution in [-0.2, 0) is 14.3 Å². The van der Waals surface area contributed by atoms with Crippen LogP contribution in [0, 0.1) is 0 Å². The summed E-state index contributed by atoms with van der Waals surface area (Å²) in [4.78, 5) is 24.4. The number of amides is 1. The second-order valence-electron chi connectivity index (χ2n) is 18.9. The van der Waals surface area contributed by atoms with Crippen LogP contribution in [0.3, 0.4) is 0 Å². The molecule has 0 aromatic rings. The van der Waals surface area contributed by atoms with Gasteiger partial charge >= 0.3 is 5.97 Å². The van der Waals surface area contributed by atoms with Crippen molar-refractivity contribution in [1.29, 1.82) is 0 Å². The highest BCUT2D eigenvalue weighted by atomic mass is 16.5. The fourth-order valence-electron chi connectivity index (χ4n) is 8.58. The predicted molar refractivity (Wildman–Crippen MR) is 264 cm³/mol. The van der Waals surface area contributed by atoms with Crippen LogP contribution in [-0.4, -0.2) is 47.4 Å². The van der Waals surface area contributed by atoms with E-state index in [2.05, 4.69) is 19.2 Å². The van der Waals surface area contributed by atoms with Gasteiger partial charge in [0.15, 0.2) is 0 Å². The van der Waals surface area contributed by atoms with Crippen molar-refractivity contribution in [3.8, 4) is 0 Å². The minimum atomic E-state index is -0.843. The number of ether oxygens (including phenoxy) is 1. The maximum Gasteiger partial charge on any atom is 0.305 e. The van der Waals surface area contributed by atoms with Gasteiger partial charge in [-0.2, -0.15) is 0 Å². The lowest BCUT2D eigenvalue weighted by Crippen LogP contribution is -2.45. The lowest BCUT2D eigenvalue weighted by atomic mass is 10.0. The first-order valence-electron chi connectivity index (χ1n) is 27.5. The third-order valence-corrected chi connectivity index (χ3v) is 12.8. The van der Waals surface area contributed by atoms with Crippen molar-refractivity contribution < 1.29 is 24.5 Å². The van der Waals surface area contributed by atoms with E-state index < -0.39 is 12.1 Å². The highest BCUT2D eigenvalue weighted by Crippen LogP contribution is 2.17. The normalized spacial score (nSPS) is 12.7. The molecule has 61 heavy (non-hydrogen) atoms. The number of esters is 1. The molecule has 0 aliphatic heterocycles. The van der Waals surface area contributed by atoms with E-state index in [1.54, 1.807) is 6.08 Å². The van der Waals surface area contributed by atoms with Crippen molar-refractivity contribution in [3.63, 3.8) is 0 Å². The van der Waals surface area contributed by atoms with Gasteiger partial charge in [-0.3, -0.25) is 9.59 Å². The van der Waals surface area contributed by atoms with Crippen LogP contribution in [0.2, 0.25) is 0 Å². The number of hydrogen-bond acceptors (Lipinski definition) is 5. The summed E-state index contributed by atoms with van der Waals surface area (Å²) in [5.41, 5.74) is 0. The Balaban J connectivity index is 3.40. The molecule has 6 nitrogen and oxygen atoms in total. The van der Waals surface area contributed by atoms with Crippen molar-refractivity contribution in [1.82, 2.24) is 5.32 Å². The Hall–Kier alpha value is -1.40. The monoisotopic (exact) mass is 862 g/mol. The lowest BCUT2D eigenvalue weighted by molar-refractivity contribution is -0.143. The molecule has 0 aromatic heterocycles. The zero-order valence-corrected chi connectivity index (χ0v) is 41.2. The van der Waals surface area contributed by atoms with Crippen molar-refractivity contribution in [2.24, 2.45) is 0 Å². The Morgan fingerprint density at radius 3 is 1.11 bits per heavy atom.